The van der Waals surface area contributed by atoms with Gasteiger partial charge in [-0.1, -0.05) is 45.0 Å². The Morgan fingerprint density at radius 2 is 1.61 bits per heavy atom. The molecule has 0 saturated carbocycles. The van der Waals surface area contributed by atoms with Crippen LogP contribution in [-0.4, -0.2) is 24.7 Å². The molecule has 18 heavy (non-hydrogen) atoms. The van der Waals surface area contributed by atoms with E-state index in [1.165, 1.54) is 29.9 Å². The Morgan fingerprint density at radius 3 is 2.11 bits per heavy atom. The molecule has 0 bridgehead atoms. The first kappa shape index (κ1) is 14.0. The van der Waals surface area contributed by atoms with Crippen LogP contribution in [0.3, 0.4) is 0 Å². The zero-order chi connectivity index (χ0) is 13.0. The van der Waals surface area contributed by atoms with Crippen LogP contribution in [0.2, 0.25) is 0 Å². The minimum atomic E-state index is 0.0514. The van der Waals surface area contributed by atoms with E-state index in [1.54, 1.807) is 4.90 Å². The summed E-state index contributed by atoms with van der Waals surface area (Å²) in [7, 11) is 0.0514. The van der Waals surface area contributed by atoms with Crippen molar-refractivity contribution in [3.05, 3.63) is 29.8 Å². The summed E-state index contributed by atoms with van der Waals surface area (Å²) < 4.78 is 5.45. The fourth-order valence-electron chi connectivity index (χ4n) is 2.55. The SMILES string of the molecule is CCC(C)(CC)c1ccc([SH]2CCOCC2)cc1. The zero-order valence-corrected chi connectivity index (χ0v) is 12.8. The second kappa shape index (κ2) is 6.12. The van der Waals surface area contributed by atoms with Crippen molar-refractivity contribution in [2.24, 2.45) is 0 Å². The van der Waals surface area contributed by atoms with Crippen LogP contribution < -0.4 is 0 Å². The number of ether oxygens (including phenoxy) is 1. The van der Waals surface area contributed by atoms with Gasteiger partial charge in [-0.3, -0.25) is 0 Å². The number of hydrogen-bond donors (Lipinski definition) is 1. The normalized spacial score (nSPS) is 18.9. The second-order valence-corrected chi connectivity index (χ2v) is 7.90. The summed E-state index contributed by atoms with van der Waals surface area (Å²) in [5.74, 6) is 2.49. The molecule has 1 aromatic rings. The summed E-state index contributed by atoms with van der Waals surface area (Å²) in [5, 5.41) is 0. The van der Waals surface area contributed by atoms with Crippen LogP contribution in [0.25, 0.3) is 0 Å². The monoisotopic (exact) mass is 266 g/mol. The molecule has 0 amide bonds. The average molecular weight is 266 g/mol. The Morgan fingerprint density at radius 1 is 1.06 bits per heavy atom. The van der Waals surface area contributed by atoms with Crippen molar-refractivity contribution in [2.75, 3.05) is 24.7 Å². The van der Waals surface area contributed by atoms with Crippen molar-refractivity contribution in [1.29, 1.82) is 0 Å². The van der Waals surface area contributed by atoms with E-state index in [9.17, 15) is 0 Å². The predicted octanol–water partition coefficient (Wildman–Crippen LogP) is 4.15. The van der Waals surface area contributed by atoms with E-state index in [0.29, 0.717) is 5.41 Å². The van der Waals surface area contributed by atoms with Crippen LogP contribution in [0.15, 0.2) is 29.2 Å². The maximum absolute atomic E-state index is 5.45. The number of benzene rings is 1. The summed E-state index contributed by atoms with van der Waals surface area (Å²) in [6.45, 7) is 8.87. The Bertz CT molecular complexity index is 361. The van der Waals surface area contributed by atoms with Gasteiger partial charge in [-0.15, -0.1) is 0 Å². The smallest absolute Gasteiger partial charge is 0.0543 e. The number of thiol groups is 1. The minimum Gasteiger partial charge on any atom is -0.380 e. The third-order valence-electron chi connectivity index (χ3n) is 4.50. The van der Waals surface area contributed by atoms with Crippen LogP contribution in [0.4, 0.5) is 0 Å². The van der Waals surface area contributed by atoms with Crippen molar-refractivity contribution in [3.8, 4) is 0 Å². The van der Waals surface area contributed by atoms with E-state index in [-0.39, 0.29) is 10.9 Å². The molecule has 0 aliphatic carbocycles. The molecule has 1 aromatic carbocycles. The van der Waals surface area contributed by atoms with Crippen molar-refractivity contribution >= 4 is 10.9 Å². The molecule has 102 valence electrons. The lowest BCUT2D eigenvalue weighted by molar-refractivity contribution is 0.160. The fourth-order valence-corrected chi connectivity index (χ4v) is 4.56. The zero-order valence-electron chi connectivity index (χ0n) is 11.9. The van der Waals surface area contributed by atoms with Gasteiger partial charge in [0, 0.05) is 11.5 Å². The highest BCUT2D eigenvalue weighted by Gasteiger charge is 2.22. The fraction of sp³-hybridized carbons (Fsp3) is 0.625. The Balaban J connectivity index is 2.14. The topological polar surface area (TPSA) is 9.23 Å². The molecule has 1 aliphatic rings. The molecule has 1 fully saturated rings. The van der Waals surface area contributed by atoms with Gasteiger partial charge in [-0.05, 0) is 28.7 Å². The molecule has 0 aromatic heterocycles. The lowest BCUT2D eigenvalue weighted by Crippen LogP contribution is -2.19. The summed E-state index contributed by atoms with van der Waals surface area (Å²) >= 11 is 0. The van der Waals surface area contributed by atoms with Crippen LogP contribution in [-0.2, 0) is 10.2 Å². The van der Waals surface area contributed by atoms with Gasteiger partial charge in [0.15, 0.2) is 0 Å². The Kier molecular flexibility index (Phi) is 4.74. The Labute approximate surface area is 114 Å². The molecule has 1 heterocycles. The molecule has 0 atom stereocenters. The molecule has 1 aliphatic heterocycles. The second-order valence-electron chi connectivity index (χ2n) is 5.41. The summed E-state index contributed by atoms with van der Waals surface area (Å²) in [6.07, 6.45) is 2.43. The van der Waals surface area contributed by atoms with Crippen molar-refractivity contribution < 1.29 is 4.74 Å². The van der Waals surface area contributed by atoms with Crippen LogP contribution in [0, 0.1) is 0 Å². The van der Waals surface area contributed by atoms with Crippen molar-refractivity contribution in [3.63, 3.8) is 0 Å². The summed E-state index contributed by atoms with van der Waals surface area (Å²) in [5.41, 5.74) is 1.85. The quantitative estimate of drug-likeness (QED) is 0.805. The van der Waals surface area contributed by atoms with Crippen molar-refractivity contribution in [1.82, 2.24) is 0 Å². The summed E-state index contributed by atoms with van der Waals surface area (Å²) in [6, 6.07) is 9.46. The lowest BCUT2D eigenvalue weighted by atomic mass is 9.78. The van der Waals surface area contributed by atoms with Gasteiger partial charge in [0.2, 0.25) is 0 Å². The molecule has 0 spiro atoms. The number of hydrogen-bond acceptors (Lipinski definition) is 1. The van der Waals surface area contributed by atoms with Gasteiger partial charge in [0.25, 0.3) is 0 Å². The van der Waals surface area contributed by atoms with E-state index < -0.39 is 0 Å². The average Bonchev–Trinajstić information content (AvgIpc) is 2.47. The Hall–Kier alpha value is -0.470. The van der Waals surface area contributed by atoms with Gasteiger partial charge in [-0.2, -0.15) is 0 Å². The molecular weight excluding hydrogens is 240 g/mol. The highest BCUT2D eigenvalue weighted by atomic mass is 32.2. The predicted molar refractivity (Wildman–Crippen MR) is 82.2 cm³/mol. The molecule has 1 saturated heterocycles. The molecule has 1 nitrogen and oxygen atoms in total. The van der Waals surface area contributed by atoms with Crippen LogP contribution >= 0.6 is 10.9 Å². The van der Waals surface area contributed by atoms with Crippen LogP contribution in [0.1, 0.15) is 39.2 Å². The van der Waals surface area contributed by atoms with Gasteiger partial charge in [-0.25, -0.2) is 10.9 Å². The maximum Gasteiger partial charge on any atom is 0.0543 e. The number of rotatable bonds is 4. The first-order chi connectivity index (χ1) is 8.69. The van der Waals surface area contributed by atoms with E-state index in [0.717, 1.165) is 13.2 Å². The maximum atomic E-state index is 5.45. The third kappa shape index (κ3) is 2.92. The van der Waals surface area contributed by atoms with Crippen LogP contribution in [0.5, 0.6) is 0 Å². The van der Waals surface area contributed by atoms with E-state index in [1.807, 2.05) is 0 Å². The van der Waals surface area contributed by atoms with Gasteiger partial charge in [0.1, 0.15) is 0 Å². The standard InChI is InChI=1S/C16H26OS/c1-4-16(3,5-2)14-6-8-15(9-7-14)18-12-10-17-11-13-18/h6-9,18H,4-5,10-13H2,1-3H3. The highest BCUT2D eigenvalue weighted by molar-refractivity contribution is 8.17. The van der Waals surface area contributed by atoms with E-state index in [2.05, 4.69) is 45.0 Å². The van der Waals surface area contributed by atoms with E-state index >= 15 is 0 Å². The molecular formula is C16H26OS. The minimum absolute atomic E-state index is 0.0514. The van der Waals surface area contributed by atoms with Gasteiger partial charge < -0.3 is 4.74 Å². The molecule has 2 heteroatoms. The lowest BCUT2D eigenvalue weighted by Gasteiger charge is -2.30. The van der Waals surface area contributed by atoms with Crippen molar-refractivity contribution in [2.45, 2.75) is 43.9 Å². The van der Waals surface area contributed by atoms with E-state index in [4.69, 9.17) is 4.74 Å². The molecule has 2 rings (SSSR count). The third-order valence-corrected chi connectivity index (χ3v) is 6.97. The first-order valence-corrected chi connectivity index (χ1v) is 8.84. The molecule has 0 N–H and O–H groups in total. The van der Waals surface area contributed by atoms with Gasteiger partial charge in [0.05, 0.1) is 13.2 Å². The summed E-state index contributed by atoms with van der Waals surface area (Å²) in [4.78, 5) is 1.56. The molecule has 0 radical (unpaired) electrons. The highest BCUT2D eigenvalue weighted by Crippen LogP contribution is 2.39. The van der Waals surface area contributed by atoms with Gasteiger partial charge >= 0.3 is 0 Å². The largest absolute Gasteiger partial charge is 0.380 e. The molecule has 0 unspecified atom stereocenters. The first-order valence-electron chi connectivity index (χ1n) is 7.13.